The predicted octanol–water partition coefficient (Wildman–Crippen LogP) is 4.25. The number of rotatable bonds is 4. The zero-order valence-electron chi connectivity index (χ0n) is 19.3. The molecule has 11 heteroatoms. The van der Waals surface area contributed by atoms with Gasteiger partial charge in [-0.1, -0.05) is 53.6 Å². The average molecular weight is 508 g/mol. The Kier molecular flexibility index (Phi) is 6.19. The van der Waals surface area contributed by atoms with Gasteiger partial charge in [-0.15, -0.1) is 0 Å². The van der Waals surface area contributed by atoms with Gasteiger partial charge in [0.1, 0.15) is 17.5 Å². The average Bonchev–Trinajstić information content (AvgIpc) is 3.50. The Hall–Kier alpha value is -4.18. The van der Waals surface area contributed by atoms with Crippen LogP contribution in [0, 0.1) is 17.0 Å². The normalized spacial score (nSPS) is 19.7. The lowest BCUT2D eigenvalue weighted by atomic mass is 9.93. The second kappa shape index (κ2) is 9.46. The molecule has 0 bridgehead atoms. The largest absolute Gasteiger partial charge is 0.433 e. The molecule has 0 saturated carbocycles. The van der Waals surface area contributed by atoms with Crippen LogP contribution in [0.25, 0.3) is 0 Å². The summed E-state index contributed by atoms with van der Waals surface area (Å²) in [5.41, 5.74) is 2.62. The third-order valence-electron chi connectivity index (χ3n) is 6.17. The van der Waals surface area contributed by atoms with Crippen molar-refractivity contribution >= 4 is 35.3 Å². The summed E-state index contributed by atoms with van der Waals surface area (Å²) in [5, 5.41) is 14.6. The third-order valence-corrected chi connectivity index (χ3v) is 6.42. The zero-order chi connectivity index (χ0) is 25.4. The maximum absolute atomic E-state index is 14.0. The molecule has 36 heavy (non-hydrogen) atoms. The van der Waals surface area contributed by atoms with Crippen LogP contribution in [0.2, 0.25) is 5.02 Å². The van der Waals surface area contributed by atoms with Crippen LogP contribution in [0.1, 0.15) is 34.5 Å². The van der Waals surface area contributed by atoms with Gasteiger partial charge in [0.05, 0.1) is 12.1 Å². The second-order valence-electron chi connectivity index (χ2n) is 8.63. The monoisotopic (exact) mass is 507 g/mol. The quantitative estimate of drug-likeness (QED) is 0.418. The number of piperazine rings is 1. The number of hydrogen-bond acceptors (Lipinski definition) is 6. The van der Waals surface area contributed by atoms with E-state index in [0.717, 1.165) is 16.7 Å². The molecule has 3 amide bonds. The first-order chi connectivity index (χ1) is 17.3. The maximum atomic E-state index is 14.0. The van der Waals surface area contributed by atoms with E-state index < -0.39 is 28.9 Å². The molecule has 2 aliphatic heterocycles. The van der Waals surface area contributed by atoms with E-state index in [9.17, 15) is 19.7 Å². The fourth-order valence-corrected chi connectivity index (χ4v) is 4.66. The molecular formula is C25H22ClN5O5. The Morgan fingerprint density at radius 1 is 1.17 bits per heavy atom. The first kappa shape index (κ1) is 23.6. The summed E-state index contributed by atoms with van der Waals surface area (Å²) in [6.07, 6.45) is 0. The van der Waals surface area contributed by atoms with Crippen molar-refractivity contribution in [1.82, 2.24) is 15.1 Å². The summed E-state index contributed by atoms with van der Waals surface area (Å²) >= 11 is 6.12. The summed E-state index contributed by atoms with van der Waals surface area (Å²) in [6, 6.07) is 16.0. The van der Waals surface area contributed by atoms with E-state index in [2.05, 4.69) is 5.32 Å². The highest BCUT2D eigenvalue weighted by Gasteiger charge is 2.45. The number of urea groups is 1. The molecule has 184 valence electrons. The SMILES string of the molecule is Cc1cccc(C2C(c3ccc(Cl)cc3)N=C(c3ccc([N+](=O)[O-])o3)N2C(=O)N2CCNC(=O)C2)c1. The van der Waals surface area contributed by atoms with Gasteiger partial charge in [-0.2, -0.15) is 0 Å². The Morgan fingerprint density at radius 2 is 1.94 bits per heavy atom. The smallest absolute Gasteiger partial charge is 0.397 e. The Balaban J connectivity index is 1.67. The van der Waals surface area contributed by atoms with Gasteiger partial charge >= 0.3 is 11.9 Å². The van der Waals surface area contributed by atoms with Crippen molar-refractivity contribution in [3.63, 3.8) is 0 Å². The van der Waals surface area contributed by atoms with E-state index >= 15 is 0 Å². The number of halogens is 1. The van der Waals surface area contributed by atoms with Crippen molar-refractivity contribution < 1.29 is 18.9 Å². The fraction of sp³-hybridized carbons (Fsp3) is 0.240. The summed E-state index contributed by atoms with van der Waals surface area (Å²) in [6.45, 7) is 2.49. The number of carbonyl (C=O) groups is 2. The molecule has 0 spiro atoms. The van der Waals surface area contributed by atoms with Gasteiger partial charge in [-0.05, 0) is 36.2 Å². The molecule has 1 N–H and O–H groups in total. The molecule has 0 aliphatic carbocycles. The maximum Gasteiger partial charge on any atom is 0.433 e. The van der Waals surface area contributed by atoms with Crippen LogP contribution in [0.3, 0.4) is 0 Å². The molecule has 10 nitrogen and oxygen atoms in total. The van der Waals surface area contributed by atoms with Gasteiger partial charge in [-0.25, -0.2) is 4.79 Å². The molecule has 1 aromatic heterocycles. The highest BCUT2D eigenvalue weighted by atomic mass is 35.5. The fourth-order valence-electron chi connectivity index (χ4n) is 4.53. The van der Waals surface area contributed by atoms with E-state index in [1.54, 1.807) is 12.1 Å². The summed E-state index contributed by atoms with van der Waals surface area (Å²) in [4.78, 5) is 44.5. The van der Waals surface area contributed by atoms with Crippen molar-refractivity contribution in [2.24, 2.45) is 4.99 Å². The number of amides is 3. The van der Waals surface area contributed by atoms with Crippen LogP contribution in [-0.4, -0.2) is 52.1 Å². The number of amidine groups is 1. The minimum atomic E-state index is -0.644. The highest BCUT2D eigenvalue weighted by molar-refractivity contribution is 6.30. The first-order valence-electron chi connectivity index (χ1n) is 11.3. The van der Waals surface area contributed by atoms with Crippen molar-refractivity contribution in [3.8, 4) is 0 Å². The minimum Gasteiger partial charge on any atom is -0.397 e. The highest BCUT2D eigenvalue weighted by Crippen LogP contribution is 2.44. The molecule has 2 atom stereocenters. The van der Waals surface area contributed by atoms with Gasteiger partial charge in [-0.3, -0.25) is 24.8 Å². The molecular weight excluding hydrogens is 486 g/mol. The number of aliphatic imine (C=N–C) groups is 1. The van der Waals surface area contributed by atoms with Gasteiger partial charge in [0.15, 0.2) is 11.6 Å². The van der Waals surface area contributed by atoms with E-state index in [0.29, 0.717) is 18.1 Å². The molecule has 1 saturated heterocycles. The van der Waals surface area contributed by atoms with Gasteiger partial charge < -0.3 is 14.6 Å². The zero-order valence-corrected chi connectivity index (χ0v) is 20.0. The van der Waals surface area contributed by atoms with Crippen LogP contribution >= 0.6 is 11.6 Å². The summed E-state index contributed by atoms with van der Waals surface area (Å²) in [7, 11) is 0. The lowest BCUT2D eigenvalue weighted by molar-refractivity contribution is -0.402. The third kappa shape index (κ3) is 4.42. The van der Waals surface area contributed by atoms with Gasteiger partial charge in [0.2, 0.25) is 5.91 Å². The van der Waals surface area contributed by atoms with Gasteiger partial charge in [0.25, 0.3) is 0 Å². The number of nitrogens with zero attached hydrogens (tertiary/aromatic N) is 4. The standard InChI is InChI=1S/C25H22ClN5O5/c1-15-3-2-4-17(13-15)23-22(16-5-7-18(26)8-6-16)28-24(19-9-10-21(36-19)31(34)35)30(23)25(33)29-12-11-27-20(32)14-29/h2-10,13,22-23H,11-12,14H2,1H3,(H,27,32). The van der Waals surface area contributed by atoms with Crippen LogP contribution < -0.4 is 5.32 Å². The Labute approximate surface area is 211 Å². The molecule has 2 unspecified atom stereocenters. The number of furan rings is 1. The second-order valence-corrected chi connectivity index (χ2v) is 9.06. The molecule has 2 aromatic carbocycles. The summed E-state index contributed by atoms with van der Waals surface area (Å²) < 4.78 is 5.49. The molecule has 5 rings (SSSR count). The van der Waals surface area contributed by atoms with Crippen LogP contribution in [-0.2, 0) is 4.79 Å². The van der Waals surface area contributed by atoms with Crippen molar-refractivity contribution in [2.75, 3.05) is 19.6 Å². The van der Waals surface area contributed by atoms with Crippen molar-refractivity contribution in [1.29, 1.82) is 0 Å². The molecule has 3 aromatic rings. The molecule has 1 fully saturated rings. The van der Waals surface area contributed by atoms with Crippen LogP contribution in [0.5, 0.6) is 0 Å². The van der Waals surface area contributed by atoms with Crippen molar-refractivity contribution in [3.05, 3.63) is 98.3 Å². The lowest BCUT2D eigenvalue weighted by Gasteiger charge is -2.35. The number of aryl methyl sites for hydroxylation is 1. The topological polar surface area (TPSA) is 121 Å². The number of hydrogen-bond donors (Lipinski definition) is 1. The number of nitrogens with one attached hydrogen (secondary N) is 1. The number of benzene rings is 2. The van der Waals surface area contributed by atoms with Gasteiger partial charge in [0, 0.05) is 18.1 Å². The minimum absolute atomic E-state index is 0.0885. The van der Waals surface area contributed by atoms with Crippen LogP contribution in [0.15, 0.2) is 70.1 Å². The lowest BCUT2D eigenvalue weighted by Crippen LogP contribution is -2.55. The first-order valence-corrected chi connectivity index (χ1v) is 11.7. The predicted molar refractivity (Wildman–Crippen MR) is 132 cm³/mol. The number of nitro groups is 1. The van der Waals surface area contributed by atoms with E-state index in [4.69, 9.17) is 21.0 Å². The van der Waals surface area contributed by atoms with E-state index in [1.165, 1.54) is 21.9 Å². The van der Waals surface area contributed by atoms with Crippen LogP contribution in [0.4, 0.5) is 10.7 Å². The van der Waals surface area contributed by atoms with Crippen molar-refractivity contribution in [2.45, 2.75) is 19.0 Å². The summed E-state index contributed by atoms with van der Waals surface area (Å²) in [5.74, 6) is -0.474. The molecule has 2 aliphatic rings. The molecule has 0 radical (unpaired) electrons. The Bertz CT molecular complexity index is 1370. The number of carbonyl (C=O) groups excluding carboxylic acids is 2. The van der Waals surface area contributed by atoms with E-state index in [-0.39, 0.29) is 24.0 Å². The Morgan fingerprint density at radius 3 is 2.61 bits per heavy atom. The van der Waals surface area contributed by atoms with E-state index in [1.807, 2.05) is 43.3 Å². The molecule has 3 heterocycles.